The number of hydrogen-bond acceptors (Lipinski definition) is 8. The summed E-state index contributed by atoms with van der Waals surface area (Å²) in [5, 5.41) is 23.3. The molecular formula is C24H20N8OS. The summed E-state index contributed by atoms with van der Waals surface area (Å²) in [5.74, 6) is 0.644. The van der Waals surface area contributed by atoms with Crippen molar-refractivity contribution in [2.24, 2.45) is 0 Å². The predicted molar refractivity (Wildman–Crippen MR) is 133 cm³/mol. The Balaban J connectivity index is 1.43. The molecule has 6 aromatic heterocycles. The standard InChI is InChI=1S/C24H20N8OS/c1-2-19(33)28-15-8-13(10-25-12-15)14-9-16-20(31-32-23(16)27-11-14)24-29-17-5-6-26-22(21(17)30-24)18-4-3-7-34-18/h3-12,19,28,33H,2H2,1H3,(H,29,30)(H,27,31,32). The average molecular weight is 469 g/mol. The third-order valence-corrected chi connectivity index (χ3v) is 6.46. The van der Waals surface area contributed by atoms with Crippen LogP contribution in [-0.2, 0) is 0 Å². The van der Waals surface area contributed by atoms with Crippen molar-refractivity contribution in [3.8, 4) is 33.2 Å². The van der Waals surface area contributed by atoms with Gasteiger partial charge in [0.2, 0.25) is 0 Å². The number of nitrogens with zero attached hydrogens (tertiary/aromatic N) is 5. The van der Waals surface area contributed by atoms with Gasteiger partial charge in [0, 0.05) is 29.7 Å². The van der Waals surface area contributed by atoms with Gasteiger partial charge < -0.3 is 15.4 Å². The quantitative estimate of drug-likeness (QED) is 0.258. The van der Waals surface area contributed by atoms with Gasteiger partial charge >= 0.3 is 0 Å². The maximum Gasteiger partial charge on any atom is 0.159 e. The van der Waals surface area contributed by atoms with Crippen LogP contribution in [0.2, 0.25) is 0 Å². The third kappa shape index (κ3) is 3.58. The lowest BCUT2D eigenvalue weighted by atomic mass is 10.1. The zero-order valence-electron chi connectivity index (χ0n) is 18.1. The fourth-order valence-electron chi connectivity index (χ4n) is 3.85. The number of anilines is 1. The van der Waals surface area contributed by atoms with Crippen LogP contribution in [0.5, 0.6) is 0 Å². The minimum atomic E-state index is -0.625. The summed E-state index contributed by atoms with van der Waals surface area (Å²) in [6, 6.07) is 9.91. The highest BCUT2D eigenvalue weighted by Gasteiger charge is 2.17. The van der Waals surface area contributed by atoms with Crippen LogP contribution in [0.3, 0.4) is 0 Å². The molecule has 0 radical (unpaired) electrons. The minimum Gasteiger partial charge on any atom is -0.374 e. The summed E-state index contributed by atoms with van der Waals surface area (Å²) < 4.78 is 0. The van der Waals surface area contributed by atoms with Gasteiger partial charge in [-0.3, -0.25) is 15.1 Å². The van der Waals surface area contributed by atoms with Crippen LogP contribution >= 0.6 is 11.3 Å². The fourth-order valence-corrected chi connectivity index (χ4v) is 4.58. The van der Waals surface area contributed by atoms with Gasteiger partial charge in [0.05, 0.1) is 27.7 Å². The molecule has 4 N–H and O–H groups in total. The average Bonchev–Trinajstić information content (AvgIpc) is 3.62. The highest BCUT2D eigenvalue weighted by atomic mass is 32.1. The predicted octanol–water partition coefficient (Wildman–Crippen LogP) is 4.83. The molecule has 0 saturated heterocycles. The maximum absolute atomic E-state index is 9.91. The first-order chi connectivity index (χ1) is 16.7. The fraction of sp³-hybridized carbons (Fsp3) is 0.125. The molecule has 6 rings (SSSR count). The van der Waals surface area contributed by atoms with Gasteiger partial charge in [-0.15, -0.1) is 11.3 Å². The molecule has 168 valence electrons. The topological polar surface area (TPSA) is 128 Å². The second kappa shape index (κ2) is 8.32. The Labute approximate surface area is 198 Å². The first-order valence-electron chi connectivity index (χ1n) is 10.8. The van der Waals surface area contributed by atoms with Crippen LogP contribution in [0, 0.1) is 0 Å². The molecule has 0 aliphatic heterocycles. The van der Waals surface area contributed by atoms with E-state index in [0.717, 1.165) is 43.8 Å². The number of aromatic nitrogens is 7. The van der Waals surface area contributed by atoms with E-state index in [1.807, 2.05) is 42.6 Å². The Morgan fingerprint density at radius 3 is 2.85 bits per heavy atom. The van der Waals surface area contributed by atoms with Crippen LogP contribution in [0.1, 0.15) is 13.3 Å². The zero-order valence-corrected chi connectivity index (χ0v) is 19.0. The van der Waals surface area contributed by atoms with Gasteiger partial charge in [-0.2, -0.15) is 5.10 Å². The van der Waals surface area contributed by atoms with Crippen LogP contribution in [0.25, 0.3) is 55.3 Å². The maximum atomic E-state index is 9.91. The first kappa shape index (κ1) is 20.5. The van der Waals surface area contributed by atoms with Gasteiger partial charge in [0.15, 0.2) is 11.5 Å². The number of aliphatic hydroxyl groups excluding tert-OH is 1. The Morgan fingerprint density at radius 2 is 2.00 bits per heavy atom. The summed E-state index contributed by atoms with van der Waals surface area (Å²) in [7, 11) is 0. The van der Waals surface area contributed by atoms with E-state index in [9.17, 15) is 5.11 Å². The molecule has 0 saturated carbocycles. The van der Waals surface area contributed by atoms with Gasteiger partial charge in [-0.05, 0) is 36.1 Å². The van der Waals surface area contributed by atoms with Crippen molar-refractivity contribution < 1.29 is 5.11 Å². The summed E-state index contributed by atoms with van der Waals surface area (Å²) in [4.78, 5) is 22.7. The lowest BCUT2D eigenvalue weighted by Gasteiger charge is -2.12. The van der Waals surface area contributed by atoms with E-state index >= 15 is 0 Å². The van der Waals surface area contributed by atoms with E-state index in [-0.39, 0.29) is 0 Å². The summed E-state index contributed by atoms with van der Waals surface area (Å²) in [6.45, 7) is 1.91. The third-order valence-electron chi connectivity index (χ3n) is 5.59. The van der Waals surface area contributed by atoms with Crippen LogP contribution in [0.4, 0.5) is 5.69 Å². The van der Waals surface area contributed by atoms with Crippen molar-refractivity contribution in [1.29, 1.82) is 0 Å². The molecule has 0 aliphatic carbocycles. The van der Waals surface area contributed by atoms with E-state index in [0.29, 0.717) is 23.6 Å². The Bertz CT molecular complexity index is 1600. The van der Waals surface area contributed by atoms with E-state index in [1.165, 1.54) is 0 Å². The lowest BCUT2D eigenvalue weighted by Crippen LogP contribution is -2.16. The Morgan fingerprint density at radius 1 is 1.09 bits per heavy atom. The molecule has 6 heterocycles. The number of aliphatic hydroxyl groups is 1. The Kier molecular flexibility index (Phi) is 5.01. The number of rotatable bonds is 6. The van der Waals surface area contributed by atoms with E-state index in [2.05, 4.69) is 35.5 Å². The van der Waals surface area contributed by atoms with Gasteiger partial charge in [0.1, 0.15) is 23.1 Å². The van der Waals surface area contributed by atoms with E-state index in [1.54, 1.807) is 36.1 Å². The highest BCUT2D eigenvalue weighted by Crippen LogP contribution is 2.33. The number of pyridine rings is 3. The molecule has 34 heavy (non-hydrogen) atoms. The molecule has 0 spiro atoms. The molecule has 0 fully saturated rings. The molecule has 9 nitrogen and oxygen atoms in total. The van der Waals surface area contributed by atoms with Gasteiger partial charge in [-0.25, -0.2) is 9.97 Å². The zero-order chi connectivity index (χ0) is 23.1. The number of thiophene rings is 1. The molecule has 0 aliphatic rings. The molecule has 1 atom stereocenters. The number of hydrogen-bond donors (Lipinski definition) is 4. The molecule has 6 aromatic rings. The van der Waals surface area contributed by atoms with Gasteiger partial charge in [0.25, 0.3) is 0 Å². The molecule has 0 amide bonds. The summed E-state index contributed by atoms with van der Waals surface area (Å²) in [5.41, 5.74) is 6.39. The van der Waals surface area contributed by atoms with Crippen LogP contribution in [-0.4, -0.2) is 46.5 Å². The van der Waals surface area contributed by atoms with E-state index < -0.39 is 6.23 Å². The minimum absolute atomic E-state index is 0.595. The second-order valence-electron chi connectivity index (χ2n) is 7.84. The van der Waals surface area contributed by atoms with Crippen molar-refractivity contribution in [1.82, 2.24) is 35.1 Å². The first-order valence-corrected chi connectivity index (χ1v) is 11.7. The van der Waals surface area contributed by atoms with Crippen molar-refractivity contribution in [2.45, 2.75) is 19.6 Å². The SMILES string of the molecule is CCC(O)Nc1cncc(-c2cnc3[nH]nc(-c4nc5c(-c6cccs6)nccc5[nH]4)c3c2)c1. The molecule has 0 aromatic carbocycles. The summed E-state index contributed by atoms with van der Waals surface area (Å²) in [6.07, 6.45) is 6.98. The number of fused-ring (bicyclic) bond motifs is 2. The lowest BCUT2D eigenvalue weighted by molar-refractivity contribution is 0.199. The number of H-pyrrole nitrogens is 2. The number of imidazole rings is 1. The van der Waals surface area contributed by atoms with Crippen LogP contribution < -0.4 is 5.32 Å². The van der Waals surface area contributed by atoms with E-state index in [4.69, 9.17) is 4.98 Å². The van der Waals surface area contributed by atoms with Crippen molar-refractivity contribution in [3.05, 3.63) is 60.5 Å². The normalized spacial score (nSPS) is 12.4. The van der Waals surface area contributed by atoms with Crippen LogP contribution in [0.15, 0.2) is 60.5 Å². The number of aromatic amines is 2. The highest BCUT2D eigenvalue weighted by molar-refractivity contribution is 7.13. The summed E-state index contributed by atoms with van der Waals surface area (Å²) >= 11 is 1.63. The smallest absolute Gasteiger partial charge is 0.159 e. The monoisotopic (exact) mass is 468 g/mol. The van der Waals surface area contributed by atoms with Crippen molar-refractivity contribution in [3.63, 3.8) is 0 Å². The van der Waals surface area contributed by atoms with Crippen molar-refractivity contribution in [2.75, 3.05) is 5.32 Å². The number of nitrogens with one attached hydrogen (secondary N) is 3. The molecule has 10 heteroatoms. The molecule has 0 bridgehead atoms. The van der Waals surface area contributed by atoms with Gasteiger partial charge in [-0.1, -0.05) is 13.0 Å². The second-order valence-corrected chi connectivity index (χ2v) is 8.79. The largest absolute Gasteiger partial charge is 0.374 e. The molecule has 1 unspecified atom stereocenters. The van der Waals surface area contributed by atoms with Crippen molar-refractivity contribution >= 4 is 39.1 Å². The Hall–Kier alpha value is -4.15. The molecular weight excluding hydrogens is 448 g/mol.